The highest BCUT2D eigenvalue weighted by Crippen LogP contribution is 2.42. The number of nitrogens with zero attached hydrogens (tertiary/aromatic N) is 4. The normalized spacial score (nSPS) is 16.6. The molecule has 0 spiro atoms. The molecule has 5 nitrogen and oxygen atoms in total. The van der Waals surface area contributed by atoms with E-state index >= 15 is 0 Å². The minimum absolute atomic E-state index is 0.149. The lowest BCUT2D eigenvalue weighted by molar-refractivity contribution is 0.452. The molecule has 18 heavy (non-hydrogen) atoms. The fraction of sp³-hybridized carbons (Fsp3) is 0.462. The molecule has 0 aliphatic heterocycles. The third-order valence-corrected chi connectivity index (χ3v) is 3.38. The van der Waals surface area contributed by atoms with Crippen LogP contribution < -0.4 is 5.32 Å². The summed E-state index contributed by atoms with van der Waals surface area (Å²) < 4.78 is 2.06. The Labute approximate surface area is 106 Å². The van der Waals surface area contributed by atoms with Gasteiger partial charge in [-0.15, -0.1) is 0 Å². The molecule has 0 unspecified atom stereocenters. The van der Waals surface area contributed by atoms with Crippen LogP contribution in [-0.2, 0) is 5.54 Å². The van der Waals surface area contributed by atoms with E-state index in [1.54, 1.807) is 0 Å². The van der Waals surface area contributed by atoms with Crippen molar-refractivity contribution < 1.29 is 0 Å². The first-order chi connectivity index (χ1) is 8.68. The molecule has 0 atom stereocenters. The van der Waals surface area contributed by atoms with Gasteiger partial charge in [-0.1, -0.05) is 0 Å². The van der Waals surface area contributed by atoms with Crippen LogP contribution in [0.4, 0.5) is 5.82 Å². The second-order valence-corrected chi connectivity index (χ2v) is 4.97. The number of nitrogens with one attached hydrogen (secondary N) is 1. The summed E-state index contributed by atoms with van der Waals surface area (Å²) in [6.45, 7) is 4.77. The summed E-state index contributed by atoms with van der Waals surface area (Å²) in [5.74, 6) is 1.71. The maximum atomic E-state index is 4.39. The monoisotopic (exact) mass is 243 g/mol. The van der Waals surface area contributed by atoms with Crippen LogP contribution in [0.2, 0.25) is 0 Å². The van der Waals surface area contributed by atoms with Gasteiger partial charge in [-0.3, -0.25) is 4.68 Å². The second-order valence-electron chi connectivity index (χ2n) is 4.97. The summed E-state index contributed by atoms with van der Waals surface area (Å²) in [5.41, 5.74) is 1.14. The Balaban J connectivity index is 1.71. The van der Waals surface area contributed by atoms with Crippen molar-refractivity contribution in [3.05, 3.63) is 36.0 Å². The van der Waals surface area contributed by atoms with Gasteiger partial charge in [-0.25, -0.2) is 9.97 Å². The average molecular weight is 243 g/mol. The number of rotatable bonds is 4. The number of hydrogen-bond acceptors (Lipinski definition) is 4. The van der Waals surface area contributed by atoms with E-state index in [2.05, 4.69) is 25.1 Å². The lowest BCUT2D eigenvalue weighted by Gasteiger charge is -2.17. The standard InChI is InChI=1S/C13H17N5/c1-10-8-12(17-11(2)16-10)14-9-13(4-5-13)18-7-3-6-15-18/h3,6-8H,4-5,9H2,1-2H3,(H,14,16,17). The van der Waals surface area contributed by atoms with Gasteiger partial charge in [-0.2, -0.15) is 5.10 Å². The van der Waals surface area contributed by atoms with E-state index in [9.17, 15) is 0 Å². The van der Waals surface area contributed by atoms with Crippen LogP contribution >= 0.6 is 0 Å². The molecule has 0 amide bonds. The SMILES string of the molecule is Cc1cc(NCC2(n3cccn3)CC2)nc(C)n1. The fourth-order valence-corrected chi connectivity index (χ4v) is 2.24. The van der Waals surface area contributed by atoms with Gasteiger partial charge in [0.15, 0.2) is 0 Å². The Morgan fingerprint density at radius 3 is 2.78 bits per heavy atom. The summed E-state index contributed by atoms with van der Waals surface area (Å²) in [4.78, 5) is 8.67. The number of aromatic nitrogens is 4. The first-order valence-corrected chi connectivity index (χ1v) is 6.24. The molecule has 1 saturated carbocycles. The van der Waals surface area contributed by atoms with Crippen molar-refractivity contribution in [3.8, 4) is 0 Å². The molecule has 2 heterocycles. The van der Waals surface area contributed by atoms with Gasteiger partial charge < -0.3 is 5.32 Å². The van der Waals surface area contributed by atoms with Gasteiger partial charge in [0.2, 0.25) is 0 Å². The van der Waals surface area contributed by atoms with Crippen LogP contribution in [0.5, 0.6) is 0 Å². The molecule has 0 saturated heterocycles. The summed E-state index contributed by atoms with van der Waals surface area (Å²) in [7, 11) is 0. The van der Waals surface area contributed by atoms with Gasteiger partial charge >= 0.3 is 0 Å². The van der Waals surface area contributed by atoms with Crippen molar-refractivity contribution in [3.63, 3.8) is 0 Å². The predicted molar refractivity (Wildman–Crippen MR) is 69.4 cm³/mol. The lowest BCUT2D eigenvalue weighted by Crippen LogP contribution is -2.27. The van der Waals surface area contributed by atoms with E-state index in [1.807, 2.05) is 38.4 Å². The molecule has 0 radical (unpaired) electrons. The van der Waals surface area contributed by atoms with Crippen LogP contribution in [0, 0.1) is 13.8 Å². The van der Waals surface area contributed by atoms with Crippen LogP contribution in [0.3, 0.4) is 0 Å². The first kappa shape index (κ1) is 11.2. The van der Waals surface area contributed by atoms with Crippen molar-refractivity contribution in [2.75, 3.05) is 11.9 Å². The smallest absolute Gasteiger partial charge is 0.129 e. The van der Waals surface area contributed by atoms with E-state index in [0.29, 0.717) is 0 Å². The maximum absolute atomic E-state index is 4.39. The summed E-state index contributed by atoms with van der Waals surface area (Å²) in [6, 6.07) is 3.95. The average Bonchev–Trinajstić information content (AvgIpc) is 2.90. The van der Waals surface area contributed by atoms with E-state index in [4.69, 9.17) is 0 Å². The number of anilines is 1. The number of aryl methyl sites for hydroxylation is 2. The van der Waals surface area contributed by atoms with Crippen molar-refractivity contribution in [1.82, 2.24) is 19.7 Å². The van der Waals surface area contributed by atoms with Gasteiger partial charge in [0.25, 0.3) is 0 Å². The summed E-state index contributed by atoms with van der Waals surface area (Å²) >= 11 is 0. The Morgan fingerprint density at radius 2 is 2.17 bits per heavy atom. The van der Waals surface area contributed by atoms with E-state index in [1.165, 1.54) is 12.8 Å². The maximum Gasteiger partial charge on any atom is 0.129 e. The molecule has 1 N–H and O–H groups in total. The topological polar surface area (TPSA) is 55.6 Å². The summed E-state index contributed by atoms with van der Waals surface area (Å²) in [5, 5.41) is 7.75. The predicted octanol–water partition coefficient (Wildman–Crippen LogP) is 1.89. The van der Waals surface area contributed by atoms with E-state index in [0.717, 1.165) is 23.9 Å². The summed E-state index contributed by atoms with van der Waals surface area (Å²) in [6.07, 6.45) is 6.21. The molecule has 1 aliphatic carbocycles. The molecule has 2 aromatic heterocycles. The molecule has 94 valence electrons. The van der Waals surface area contributed by atoms with Gasteiger partial charge in [0.1, 0.15) is 11.6 Å². The highest BCUT2D eigenvalue weighted by atomic mass is 15.3. The van der Waals surface area contributed by atoms with Crippen molar-refractivity contribution in [1.29, 1.82) is 0 Å². The van der Waals surface area contributed by atoms with E-state index in [-0.39, 0.29) is 5.54 Å². The van der Waals surface area contributed by atoms with Crippen LogP contribution in [0.25, 0.3) is 0 Å². The van der Waals surface area contributed by atoms with Gasteiger partial charge in [0, 0.05) is 30.7 Å². The molecular formula is C13H17N5. The molecular weight excluding hydrogens is 226 g/mol. The minimum Gasteiger partial charge on any atom is -0.368 e. The highest BCUT2D eigenvalue weighted by Gasteiger charge is 2.45. The zero-order valence-electron chi connectivity index (χ0n) is 10.7. The van der Waals surface area contributed by atoms with Crippen LogP contribution in [-0.4, -0.2) is 26.3 Å². The van der Waals surface area contributed by atoms with Gasteiger partial charge in [0.05, 0.1) is 5.54 Å². The third-order valence-electron chi connectivity index (χ3n) is 3.38. The van der Waals surface area contributed by atoms with E-state index < -0.39 is 0 Å². The van der Waals surface area contributed by atoms with Crippen LogP contribution in [0.15, 0.2) is 24.5 Å². The molecule has 2 aromatic rings. The van der Waals surface area contributed by atoms with Gasteiger partial charge in [-0.05, 0) is 32.8 Å². The zero-order chi connectivity index (χ0) is 12.6. The molecule has 3 rings (SSSR count). The molecule has 1 aliphatic rings. The lowest BCUT2D eigenvalue weighted by atomic mass is 10.2. The molecule has 0 aromatic carbocycles. The molecule has 1 fully saturated rings. The molecule has 5 heteroatoms. The van der Waals surface area contributed by atoms with Crippen molar-refractivity contribution in [2.45, 2.75) is 32.2 Å². The molecule has 0 bridgehead atoms. The Kier molecular flexibility index (Phi) is 2.54. The second kappa shape index (κ2) is 4.08. The Morgan fingerprint density at radius 1 is 1.33 bits per heavy atom. The van der Waals surface area contributed by atoms with Crippen LogP contribution in [0.1, 0.15) is 24.4 Å². The zero-order valence-corrected chi connectivity index (χ0v) is 10.7. The Hall–Kier alpha value is -1.91. The highest BCUT2D eigenvalue weighted by molar-refractivity contribution is 5.36. The third kappa shape index (κ3) is 2.08. The quantitative estimate of drug-likeness (QED) is 0.891. The van der Waals surface area contributed by atoms with Crippen molar-refractivity contribution >= 4 is 5.82 Å². The van der Waals surface area contributed by atoms with Crippen molar-refractivity contribution in [2.24, 2.45) is 0 Å². The largest absolute Gasteiger partial charge is 0.368 e. The number of hydrogen-bond donors (Lipinski definition) is 1. The first-order valence-electron chi connectivity index (χ1n) is 6.24. The Bertz CT molecular complexity index is 522. The fourth-order valence-electron chi connectivity index (χ4n) is 2.24. The minimum atomic E-state index is 0.149.